The van der Waals surface area contributed by atoms with Crippen LogP contribution >= 0.6 is 0 Å². The first-order valence-corrected chi connectivity index (χ1v) is 42.7. The van der Waals surface area contributed by atoms with Crippen molar-refractivity contribution in [3.05, 3.63) is 410 Å². The van der Waals surface area contributed by atoms with E-state index in [9.17, 15) is 48.6 Å². The zero-order valence-electron chi connectivity index (χ0n) is 78.4. The monoisotopic (exact) mass is 1910 g/mol. The first kappa shape index (κ1) is 111. The van der Waals surface area contributed by atoms with Gasteiger partial charge in [0.05, 0.1) is 55.0 Å². The zero-order chi connectivity index (χ0) is 104. The number of para-hydroxylation sites is 2. The van der Waals surface area contributed by atoms with Gasteiger partial charge in [-0.05, 0) is 239 Å². The average Bonchev–Trinajstić information content (AvgIpc) is 0.827. The smallest absolute Gasteiger partial charge is 0.341 e. The SMILES string of the molecule is CC.COc1cc(C(=O)O)cc(OC)c1OC.Cc1cc2ccccc2cc1N.Cc1cc2ccccc2cc1O.Cc1ccc2ccccc2c1N.Cc1ccc2ccccc2c1O.Cc1ccc[nH]c1=O.Nc1ccc(C(=O)O)cc1.Nc1ccc(C(=O)O)cc1N.O=C(O)c1cc(O)c(O)c(O)c1.O=C(O)c1cc2ccccc2[nH]c1=O.O=C(O)c1ccccc1O.Oc1ccc2ccccc2c1. The highest BCUT2D eigenvalue weighted by atomic mass is 16.5. The maximum absolute atomic E-state index is 11.2. The number of hydrogen-bond acceptors (Lipinski definition) is 23. The minimum Gasteiger partial charge on any atom is -0.508 e. The molecule has 0 aliphatic rings. The van der Waals surface area contributed by atoms with Crippen LogP contribution in [-0.4, -0.2) is 133 Å². The minimum atomic E-state index is -1.29. The molecule has 728 valence electrons. The second-order valence-electron chi connectivity index (χ2n) is 29.9. The predicted molar refractivity (Wildman–Crippen MR) is 554 cm³/mol. The summed E-state index contributed by atoms with van der Waals surface area (Å²) in [5, 5.41) is 127. The van der Waals surface area contributed by atoms with Crippen LogP contribution in [0.5, 0.6) is 57.5 Å². The number of carboxylic acid groups (broad SMARTS) is 6. The van der Waals surface area contributed by atoms with Crippen molar-refractivity contribution >= 4 is 129 Å². The van der Waals surface area contributed by atoms with E-state index < -0.39 is 58.6 Å². The summed E-state index contributed by atoms with van der Waals surface area (Å²) in [5.74, 6) is -6.71. The molecular formula is C110H109N7O24. The molecule has 18 rings (SSSR count). The second-order valence-corrected chi connectivity index (χ2v) is 29.9. The number of aromatic hydroxyl groups is 7. The van der Waals surface area contributed by atoms with Crippen molar-refractivity contribution in [2.24, 2.45) is 0 Å². The number of phenolic OH excluding ortho intramolecular Hbond substituents is 6. The van der Waals surface area contributed by atoms with Crippen molar-refractivity contribution in [2.75, 3.05) is 50.0 Å². The molecule has 18 aromatic rings. The Morgan fingerprint density at radius 2 is 0.716 bits per heavy atom. The molecule has 141 heavy (non-hydrogen) atoms. The van der Waals surface area contributed by atoms with Crippen LogP contribution < -0.4 is 54.0 Å². The molecule has 0 atom stereocenters. The van der Waals surface area contributed by atoms with Crippen LogP contribution in [0.15, 0.2) is 337 Å². The highest BCUT2D eigenvalue weighted by Gasteiger charge is 2.18. The number of carbonyl (C=O) groups is 6. The number of ether oxygens (including phenoxy) is 3. The van der Waals surface area contributed by atoms with Crippen LogP contribution in [0.4, 0.5) is 28.4 Å². The first-order valence-electron chi connectivity index (χ1n) is 42.7. The number of nitrogens with two attached hydrogens (primary N) is 5. The summed E-state index contributed by atoms with van der Waals surface area (Å²) in [5.41, 5.74) is 35.7. The summed E-state index contributed by atoms with van der Waals surface area (Å²) < 4.78 is 15.1. The fourth-order valence-corrected chi connectivity index (χ4v) is 12.4. The van der Waals surface area contributed by atoms with E-state index >= 15 is 0 Å². The summed E-state index contributed by atoms with van der Waals surface area (Å²) in [6.07, 6.45) is 1.62. The van der Waals surface area contributed by atoms with Crippen molar-refractivity contribution in [1.29, 1.82) is 0 Å². The number of aryl methyl sites for hydroxylation is 5. The van der Waals surface area contributed by atoms with E-state index in [1.807, 2.05) is 169 Å². The van der Waals surface area contributed by atoms with E-state index in [1.165, 1.54) is 104 Å². The van der Waals surface area contributed by atoms with Crippen molar-refractivity contribution in [3.63, 3.8) is 0 Å². The molecule has 0 unspecified atom stereocenters. The average molecular weight is 1910 g/mol. The van der Waals surface area contributed by atoms with E-state index in [0.717, 1.165) is 83.6 Å². The molecule has 0 saturated heterocycles. The number of rotatable bonds is 9. The summed E-state index contributed by atoms with van der Waals surface area (Å²) in [6, 6.07) is 94.1. The molecule has 2 aromatic heterocycles. The molecule has 0 bridgehead atoms. The standard InChI is InChI=1S/2C11H11N.2C11H10O.C10H7NO3.C10H12O5.C10H8O.C7H8N2O2.C7H7NO2.C7H6O5.C7H6O3.C6H7NO.C2H6/c1-8-6-9-4-2-3-5-10(9)7-11(8)12;1-8-6-7-9-4-2-3-5-10(9)11(8)12;1-8-6-9-4-2-3-5-10(9)7-11(8)12;1-8-6-7-9-4-2-3-5-10(9)11(8)12;12-9-7(10(13)14)5-6-3-1-2-4-8(6)11-9;1-13-7-4-6(10(11)12)5-8(14-2)9(7)15-3;11-10-6-5-8-3-1-2-4-9(8)7-10;8-5-2-1-4(7(10)11)3-6(5)9;8-6-3-1-5(2-4-6)7(9)10;8-4-1-3(7(11)12)2-5(9)6(4)10;8-6-4-2-1-3-5(6)7(9)10;1-5-3-2-4-7-6(5)8;1-2/h2*2-7H,12H2,1H3;2*2-7,12H,1H3;1-5H,(H,11,12)(H,13,14);4-5H,1-3H3,(H,11,12);1-7,11H;1-3H,8-9H2,(H,10,11);1-4H,8H2,(H,9,10);1-2,8-10H,(H,11,12);1-4,8H,(H,9,10);2-4H,1H3,(H,7,8);1-2H3. The summed E-state index contributed by atoms with van der Waals surface area (Å²) in [6.45, 7) is 13.6. The van der Waals surface area contributed by atoms with Crippen molar-refractivity contribution in [2.45, 2.75) is 48.5 Å². The molecule has 0 amide bonds. The lowest BCUT2D eigenvalue weighted by Crippen LogP contribution is -2.16. The van der Waals surface area contributed by atoms with E-state index in [0.29, 0.717) is 62.5 Å². The number of nitrogen functional groups attached to an aromatic ring is 5. The van der Waals surface area contributed by atoms with Gasteiger partial charge >= 0.3 is 35.8 Å². The van der Waals surface area contributed by atoms with Gasteiger partial charge in [-0.25, -0.2) is 28.8 Å². The molecule has 31 heteroatoms. The maximum atomic E-state index is 11.2. The largest absolute Gasteiger partial charge is 0.508 e. The topological polar surface area (TPSA) is 589 Å². The lowest BCUT2D eigenvalue weighted by atomic mass is 10.1. The van der Waals surface area contributed by atoms with Gasteiger partial charge in [-0.1, -0.05) is 202 Å². The molecule has 0 radical (unpaired) electrons. The highest BCUT2D eigenvalue weighted by Crippen LogP contribution is 2.39. The summed E-state index contributed by atoms with van der Waals surface area (Å²) in [7, 11) is 4.33. The Kier molecular flexibility index (Phi) is 43.0. The number of hydrogen-bond donors (Lipinski definition) is 20. The number of methoxy groups -OCH3 is 3. The second kappa shape index (κ2) is 54.8. The van der Waals surface area contributed by atoms with E-state index in [4.69, 9.17) is 99.1 Å². The highest BCUT2D eigenvalue weighted by molar-refractivity contribution is 5.97. The van der Waals surface area contributed by atoms with Crippen LogP contribution in [0.2, 0.25) is 0 Å². The third kappa shape index (κ3) is 33.7. The number of anilines is 5. The number of aromatic nitrogens is 2. The van der Waals surface area contributed by atoms with Crippen molar-refractivity contribution < 1.29 is 109 Å². The van der Waals surface area contributed by atoms with Crippen LogP contribution in [0.25, 0.3) is 64.8 Å². The number of H-pyrrole nitrogens is 2. The molecule has 0 aliphatic heterocycles. The molecule has 0 fully saturated rings. The fraction of sp³-hybridized carbons (Fsp3) is 0.0909. The van der Waals surface area contributed by atoms with Crippen molar-refractivity contribution in [3.8, 4) is 57.5 Å². The maximum Gasteiger partial charge on any atom is 0.341 e. The number of aromatic carboxylic acids is 6. The summed E-state index contributed by atoms with van der Waals surface area (Å²) >= 11 is 0. The number of aromatic amines is 2. The number of benzene rings is 16. The molecule has 31 nitrogen and oxygen atoms in total. The molecule has 0 saturated carbocycles. The van der Waals surface area contributed by atoms with Crippen LogP contribution in [0, 0.1) is 34.6 Å². The van der Waals surface area contributed by atoms with Gasteiger partial charge in [0.2, 0.25) is 5.75 Å². The van der Waals surface area contributed by atoms with Gasteiger partial charge in [-0.2, -0.15) is 0 Å². The lowest BCUT2D eigenvalue weighted by Gasteiger charge is -2.12. The Bertz CT molecular complexity index is 7160. The van der Waals surface area contributed by atoms with Gasteiger partial charge < -0.3 is 119 Å². The molecule has 25 N–H and O–H groups in total. The molecule has 2 heterocycles. The normalized spacial score (nSPS) is 9.80. The van der Waals surface area contributed by atoms with E-state index in [-0.39, 0.29) is 44.7 Å². The Morgan fingerprint density at radius 3 is 1.20 bits per heavy atom. The van der Waals surface area contributed by atoms with Gasteiger partial charge in [0.25, 0.3) is 11.1 Å². The van der Waals surface area contributed by atoms with Gasteiger partial charge in [-0.15, -0.1) is 0 Å². The minimum absolute atomic E-state index is 0.00694. The predicted octanol–water partition coefficient (Wildman–Crippen LogP) is 21.2. The van der Waals surface area contributed by atoms with E-state index in [2.05, 4.69) is 52.4 Å². The number of nitrogens with one attached hydrogen (secondary N) is 2. The quantitative estimate of drug-likeness (QED) is 0.0471. The third-order valence-corrected chi connectivity index (χ3v) is 20.1. The first-order chi connectivity index (χ1) is 67.1. The van der Waals surface area contributed by atoms with Gasteiger partial charge in [-0.3, -0.25) is 9.59 Å². The third-order valence-electron chi connectivity index (χ3n) is 20.1. The Labute approximate surface area is 809 Å². The number of carboxylic acids is 6. The Hall–Kier alpha value is -19.2. The number of fused-ring (bicyclic) bond motifs is 6. The Balaban J connectivity index is 0.000000236. The number of phenols is 7. The van der Waals surface area contributed by atoms with Crippen LogP contribution in [0.3, 0.4) is 0 Å². The molecule has 16 aromatic carbocycles. The van der Waals surface area contributed by atoms with E-state index in [1.54, 1.807) is 92.0 Å². The van der Waals surface area contributed by atoms with Gasteiger partial charge in [0.1, 0.15) is 34.1 Å². The molecular weight excluding hydrogens is 1800 g/mol. The van der Waals surface area contributed by atoms with Crippen molar-refractivity contribution in [1.82, 2.24) is 9.97 Å². The molecule has 0 aliphatic carbocycles. The molecule has 0 spiro atoms. The van der Waals surface area contributed by atoms with Gasteiger partial charge in [0.15, 0.2) is 28.7 Å². The Morgan fingerprint density at radius 1 is 0.284 bits per heavy atom. The van der Waals surface area contributed by atoms with Crippen LogP contribution in [-0.2, 0) is 0 Å². The van der Waals surface area contributed by atoms with Gasteiger partial charge in [0, 0.05) is 45.1 Å². The summed E-state index contributed by atoms with van der Waals surface area (Å²) in [4.78, 5) is 89.5. The van der Waals surface area contributed by atoms with Crippen LogP contribution in [0.1, 0.15) is 104 Å². The zero-order valence-corrected chi connectivity index (χ0v) is 78.4. The fourth-order valence-electron chi connectivity index (χ4n) is 12.4. The number of pyridine rings is 2. The lowest BCUT2D eigenvalue weighted by molar-refractivity contribution is 0.0683.